The first-order valence-corrected chi connectivity index (χ1v) is 12.1. The molecule has 6 nitrogen and oxygen atoms in total. The molecule has 0 unspecified atom stereocenters. The summed E-state index contributed by atoms with van der Waals surface area (Å²) in [5, 5.41) is 8.95. The SMILES string of the molecule is Br.CN1CCOc2c1cc(C(=O)Cn1c(=N)n(Cc3ccccc3)c3ccccc31)cc2C(C)(C)C. The maximum absolute atomic E-state index is 13.7. The molecule has 36 heavy (non-hydrogen) atoms. The summed E-state index contributed by atoms with van der Waals surface area (Å²) in [5.41, 5.74) is 5.74. The molecule has 0 saturated carbocycles. The Balaban J connectivity index is 0.00000304. The van der Waals surface area contributed by atoms with Crippen LogP contribution in [0.2, 0.25) is 0 Å². The number of hydrogen-bond donors (Lipinski definition) is 1. The van der Waals surface area contributed by atoms with E-state index in [1.165, 1.54) is 0 Å². The highest BCUT2D eigenvalue weighted by molar-refractivity contribution is 8.93. The fourth-order valence-electron chi connectivity index (χ4n) is 4.79. The van der Waals surface area contributed by atoms with Crippen molar-refractivity contribution in [2.75, 3.05) is 25.1 Å². The Morgan fingerprint density at radius 1 is 0.972 bits per heavy atom. The zero-order chi connectivity index (χ0) is 24.7. The zero-order valence-electron chi connectivity index (χ0n) is 21.2. The van der Waals surface area contributed by atoms with Crippen LogP contribution >= 0.6 is 17.0 Å². The summed E-state index contributed by atoms with van der Waals surface area (Å²) < 4.78 is 9.83. The van der Waals surface area contributed by atoms with Crippen LogP contribution in [0.15, 0.2) is 66.7 Å². The number of carbonyl (C=O) groups excluding carboxylic acids is 1. The smallest absolute Gasteiger partial charge is 0.203 e. The lowest BCUT2D eigenvalue weighted by Gasteiger charge is -2.33. The fraction of sp³-hybridized carbons (Fsp3) is 0.310. The lowest BCUT2D eigenvalue weighted by molar-refractivity contribution is 0.0971. The molecule has 5 rings (SSSR count). The molecule has 1 N–H and O–H groups in total. The van der Waals surface area contributed by atoms with E-state index in [-0.39, 0.29) is 34.7 Å². The number of halogens is 1. The molecule has 0 saturated heterocycles. The first kappa shape index (κ1) is 25.8. The number of ketones is 1. The highest BCUT2D eigenvalue weighted by atomic mass is 79.9. The number of Topliss-reactive ketones (excluding diaryl/α,β-unsaturated/α-hetero) is 1. The fourth-order valence-corrected chi connectivity index (χ4v) is 4.79. The molecule has 1 aromatic heterocycles. The average Bonchev–Trinajstić information content (AvgIpc) is 3.10. The molecule has 2 heterocycles. The summed E-state index contributed by atoms with van der Waals surface area (Å²) in [7, 11) is 2.04. The van der Waals surface area contributed by atoms with Gasteiger partial charge in [0.25, 0.3) is 0 Å². The molecule has 0 fully saturated rings. The van der Waals surface area contributed by atoms with Gasteiger partial charge in [0.2, 0.25) is 5.62 Å². The van der Waals surface area contributed by atoms with Gasteiger partial charge in [-0.1, -0.05) is 63.2 Å². The van der Waals surface area contributed by atoms with Gasteiger partial charge >= 0.3 is 0 Å². The van der Waals surface area contributed by atoms with Crippen molar-refractivity contribution in [2.24, 2.45) is 0 Å². The van der Waals surface area contributed by atoms with Crippen molar-refractivity contribution < 1.29 is 9.53 Å². The summed E-state index contributed by atoms with van der Waals surface area (Å²) in [4.78, 5) is 15.8. The number of fused-ring (bicyclic) bond motifs is 2. The number of ether oxygens (including phenoxy) is 1. The molecular formula is C29H33BrN4O2. The van der Waals surface area contributed by atoms with Crippen LogP contribution in [0.4, 0.5) is 5.69 Å². The second-order valence-corrected chi connectivity index (χ2v) is 10.3. The highest BCUT2D eigenvalue weighted by Crippen LogP contribution is 2.41. The van der Waals surface area contributed by atoms with Crippen LogP contribution in [0.1, 0.15) is 42.3 Å². The van der Waals surface area contributed by atoms with Crippen molar-refractivity contribution in [3.8, 4) is 5.75 Å². The Bertz CT molecular complexity index is 1460. The van der Waals surface area contributed by atoms with Gasteiger partial charge in [-0.2, -0.15) is 0 Å². The number of benzene rings is 3. The van der Waals surface area contributed by atoms with Gasteiger partial charge in [0.05, 0.1) is 36.4 Å². The van der Waals surface area contributed by atoms with Crippen LogP contribution in [0.3, 0.4) is 0 Å². The molecule has 0 spiro atoms. The molecule has 4 aromatic rings. The van der Waals surface area contributed by atoms with E-state index < -0.39 is 0 Å². The minimum Gasteiger partial charge on any atom is -0.489 e. The Kier molecular flexibility index (Phi) is 7.14. The zero-order valence-corrected chi connectivity index (χ0v) is 23.0. The Labute approximate surface area is 222 Å². The van der Waals surface area contributed by atoms with Crippen molar-refractivity contribution >= 4 is 39.5 Å². The number of anilines is 1. The van der Waals surface area contributed by atoms with Crippen LogP contribution in [0.5, 0.6) is 5.75 Å². The van der Waals surface area contributed by atoms with E-state index in [2.05, 4.69) is 37.8 Å². The molecule has 0 radical (unpaired) electrons. The average molecular weight is 550 g/mol. The number of aromatic nitrogens is 2. The third-order valence-corrected chi connectivity index (χ3v) is 6.74. The normalized spacial score (nSPS) is 13.2. The standard InChI is InChI=1S/C29H32N4O2.BrH/c1-29(2,3)22-16-21(17-25-27(22)35-15-14-31(25)4)26(34)19-33-24-13-9-8-12-23(24)32(28(33)30)18-20-10-6-5-7-11-20;/h5-13,16-17,30H,14-15,18-19H2,1-4H3;1H. The number of carbonyl (C=O) groups is 1. The number of rotatable bonds is 5. The van der Waals surface area contributed by atoms with Crippen molar-refractivity contribution in [1.29, 1.82) is 5.41 Å². The summed E-state index contributed by atoms with van der Waals surface area (Å²) in [5.74, 6) is 0.856. The monoisotopic (exact) mass is 548 g/mol. The largest absolute Gasteiger partial charge is 0.489 e. The lowest BCUT2D eigenvalue weighted by atomic mass is 9.84. The number of likely N-dealkylation sites (N-methyl/N-ethyl adjacent to an activating group) is 1. The topological polar surface area (TPSA) is 63.2 Å². The van der Waals surface area contributed by atoms with E-state index in [1.807, 2.05) is 70.8 Å². The number of para-hydroxylation sites is 2. The van der Waals surface area contributed by atoms with Crippen molar-refractivity contribution in [1.82, 2.24) is 9.13 Å². The Morgan fingerprint density at radius 3 is 2.28 bits per heavy atom. The van der Waals surface area contributed by atoms with E-state index >= 15 is 0 Å². The molecule has 7 heteroatoms. The van der Waals surface area contributed by atoms with Gasteiger partial charge in [0, 0.05) is 18.2 Å². The predicted molar refractivity (Wildman–Crippen MR) is 150 cm³/mol. The Morgan fingerprint density at radius 2 is 1.61 bits per heavy atom. The van der Waals surface area contributed by atoms with Gasteiger partial charge in [0.1, 0.15) is 12.4 Å². The molecule has 0 bridgehead atoms. The van der Waals surface area contributed by atoms with Crippen LogP contribution in [0.25, 0.3) is 11.0 Å². The van der Waals surface area contributed by atoms with Gasteiger partial charge in [-0.3, -0.25) is 10.2 Å². The van der Waals surface area contributed by atoms with Gasteiger partial charge in [0.15, 0.2) is 5.78 Å². The van der Waals surface area contributed by atoms with Crippen LogP contribution in [-0.4, -0.2) is 35.1 Å². The molecule has 1 aliphatic heterocycles. The van der Waals surface area contributed by atoms with Crippen LogP contribution < -0.4 is 15.3 Å². The number of nitrogens with zero attached hydrogens (tertiary/aromatic N) is 3. The van der Waals surface area contributed by atoms with Crippen molar-refractivity contribution in [3.63, 3.8) is 0 Å². The molecule has 1 aliphatic rings. The first-order valence-electron chi connectivity index (χ1n) is 12.1. The van der Waals surface area contributed by atoms with E-state index in [4.69, 9.17) is 10.1 Å². The summed E-state index contributed by atoms with van der Waals surface area (Å²) in [6, 6.07) is 22.0. The summed E-state index contributed by atoms with van der Waals surface area (Å²) in [6.45, 7) is 8.53. The summed E-state index contributed by atoms with van der Waals surface area (Å²) >= 11 is 0. The number of nitrogens with one attached hydrogen (secondary N) is 1. The quantitative estimate of drug-likeness (QED) is 0.332. The maximum Gasteiger partial charge on any atom is 0.203 e. The second-order valence-electron chi connectivity index (χ2n) is 10.3. The Hall–Kier alpha value is -3.32. The van der Waals surface area contributed by atoms with Crippen LogP contribution in [0, 0.1) is 5.41 Å². The highest BCUT2D eigenvalue weighted by Gasteiger charge is 2.28. The summed E-state index contributed by atoms with van der Waals surface area (Å²) in [6.07, 6.45) is 0. The maximum atomic E-state index is 13.7. The van der Waals surface area contributed by atoms with Crippen LogP contribution in [-0.2, 0) is 18.5 Å². The van der Waals surface area contributed by atoms with Crippen molar-refractivity contribution in [2.45, 2.75) is 39.3 Å². The molecule has 0 amide bonds. The van der Waals surface area contributed by atoms with Crippen molar-refractivity contribution in [3.05, 3.63) is 89.0 Å². The molecule has 0 atom stereocenters. The molecular weight excluding hydrogens is 516 g/mol. The van der Waals surface area contributed by atoms with E-state index in [9.17, 15) is 4.79 Å². The molecule has 0 aliphatic carbocycles. The third-order valence-electron chi connectivity index (χ3n) is 6.74. The second kappa shape index (κ2) is 9.97. The minimum atomic E-state index is -0.169. The first-order chi connectivity index (χ1) is 16.7. The molecule has 3 aromatic carbocycles. The van der Waals surface area contributed by atoms with Gasteiger partial charge in [-0.05, 0) is 35.2 Å². The predicted octanol–water partition coefficient (Wildman–Crippen LogP) is 5.56. The van der Waals surface area contributed by atoms with Gasteiger partial charge in [-0.25, -0.2) is 0 Å². The van der Waals surface area contributed by atoms with E-state index in [0.717, 1.165) is 40.1 Å². The lowest BCUT2D eigenvalue weighted by Crippen LogP contribution is -2.31. The van der Waals surface area contributed by atoms with Gasteiger partial charge < -0.3 is 18.8 Å². The van der Waals surface area contributed by atoms with E-state index in [1.54, 1.807) is 0 Å². The third kappa shape index (κ3) is 4.72. The molecule has 188 valence electrons. The number of imidazole rings is 1. The minimum absolute atomic E-state index is 0. The van der Waals surface area contributed by atoms with Gasteiger partial charge in [-0.15, -0.1) is 17.0 Å². The van der Waals surface area contributed by atoms with E-state index in [0.29, 0.717) is 24.3 Å². The number of hydrogen-bond acceptors (Lipinski definition) is 4.